The van der Waals surface area contributed by atoms with E-state index in [0.717, 1.165) is 12.8 Å². The van der Waals surface area contributed by atoms with Crippen molar-refractivity contribution < 1.29 is 19.7 Å². The van der Waals surface area contributed by atoms with E-state index in [1.165, 1.54) is 89.9 Å². The predicted octanol–water partition coefficient (Wildman–Crippen LogP) is 10.1. The first kappa shape index (κ1) is 36.2. The first-order valence-corrected chi connectivity index (χ1v) is 17.0. The number of hydrogen-bond donors (Lipinski definition) is 2. The van der Waals surface area contributed by atoms with Crippen LogP contribution in [0.1, 0.15) is 135 Å². The number of nitrogens with zero attached hydrogens (tertiary/aromatic N) is 2. The highest BCUT2D eigenvalue weighted by atomic mass is 16.5. The Morgan fingerprint density at radius 1 is 0.605 bits per heavy atom. The van der Waals surface area contributed by atoms with Gasteiger partial charge in [-0.25, -0.2) is 0 Å². The number of benzene rings is 2. The van der Waals surface area contributed by atoms with Crippen LogP contribution in [0.25, 0.3) is 0 Å². The highest BCUT2D eigenvalue weighted by Gasteiger charge is 2.05. The molecule has 6 nitrogen and oxygen atoms in total. The first-order valence-electron chi connectivity index (χ1n) is 17.0. The third-order valence-electron chi connectivity index (χ3n) is 7.61. The Balaban J connectivity index is 1.65. The van der Waals surface area contributed by atoms with Gasteiger partial charge in [-0.2, -0.15) is 0 Å². The number of phenolic OH excluding ortho intramolecular Hbond substituents is 2. The second-order valence-corrected chi connectivity index (χ2v) is 11.7. The predicted molar refractivity (Wildman–Crippen MR) is 182 cm³/mol. The minimum absolute atomic E-state index is 0.0788. The van der Waals surface area contributed by atoms with Crippen molar-refractivity contribution in [1.82, 2.24) is 0 Å². The molecule has 1 atom stereocenters. The molecule has 2 aromatic rings. The third-order valence-corrected chi connectivity index (χ3v) is 7.61. The summed E-state index contributed by atoms with van der Waals surface area (Å²) >= 11 is 0. The molecule has 2 aromatic carbocycles. The Hall–Kier alpha value is -3.02. The van der Waals surface area contributed by atoms with Gasteiger partial charge in [0.1, 0.15) is 23.0 Å². The molecular weight excluding hydrogens is 536 g/mol. The lowest BCUT2D eigenvalue weighted by Gasteiger charge is -2.08. The fourth-order valence-corrected chi connectivity index (χ4v) is 4.86. The quantitative estimate of drug-likeness (QED) is 0.0885. The zero-order valence-corrected chi connectivity index (χ0v) is 27.2. The maximum atomic E-state index is 10.4. The summed E-state index contributed by atoms with van der Waals surface area (Å²) in [7, 11) is 0. The van der Waals surface area contributed by atoms with Gasteiger partial charge in [-0.1, -0.05) is 104 Å². The van der Waals surface area contributed by atoms with Gasteiger partial charge in [-0.3, -0.25) is 9.98 Å². The number of aliphatic imine (C=N–C) groups is 2. The fraction of sp³-hybridized carbons (Fsp3) is 0.622. The van der Waals surface area contributed by atoms with Crippen molar-refractivity contribution in [3.05, 3.63) is 47.5 Å². The van der Waals surface area contributed by atoms with E-state index in [1.807, 2.05) is 31.2 Å². The van der Waals surface area contributed by atoms with Crippen LogP contribution in [0.2, 0.25) is 0 Å². The molecule has 0 heterocycles. The van der Waals surface area contributed by atoms with Crippen molar-refractivity contribution in [2.45, 2.75) is 130 Å². The molecule has 0 aliphatic carbocycles. The minimum Gasteiger partial charge on any atom is -0.507 e. The van der Waals surface area contributed by atoms with E-state index in [-0.39, 0.29) is 17.5 Å². The van der Waals surface area contributed by atoms with Gasteiger partial charge in [0, 0.05) is 35.7 Å². The first-order chi connectivity index (χ1) is 21.0. The Bertz CT molecular complexity index is 1050. The highest BCUT2D eigenvalue weighted by Crippen LogP contribution is 2.24. The molecule has 0 bridgehead atoms. The Kier molecular flexibility index (Phi) is 19.7. The van der Waals surface area contributed by atoms with E-state index in [1.54, 1.807) is 24.6 Å². The second kappa shape index (κ2) is 23.4. The molecule has 0 aliphatic rings. The fourth-order valence-electron chi connectivity index (χ4n) is 4.86. The van der Waals surface area contributed by atoms with Gasteiger partial charge in [0.15, 0.2) is 0 Å². The van der Waals surface area contributed by atoms with Crippen molar-refractivity contribution in [1.29, 1.82) is 0 Å². The molecule has 0 saturated heterocycles. The lowest BCUT2D eigenvalue weighted by molar-refractivity contribution is 0.302. The summed E-state index contributed by atoms with van der Waals surface area (Å²) in [6.45, 7) is 8.26. The summed E-state index contributed by atoms with van der Waals surface area (Å²) in [5, 5.41) is 20.8. The molecule has 0 saturated carbocycles. The molecule has 0 amide bonds. The van der Waals surface area contributed by atoms with Crippen LogP contribution in [0.4, 0.5) is 0 Å². The van der Waals surface area contributed by atoms with Crippen LogP contribution in [0.3, 0.4) is 0 Å². The van der Waals surface area contributed by atoms with Crippen LogP contribution < -0.4 is 9.47 Å². The second-order valence-electron chi connectivity index (χ2n) is 11.7. The molecule has 6 heteroatoms. The van der Waals surface area contributed by atoms with Gasteiger partial charge in [0.2, 0.25) is 0 Å². The van der Waals surface area contributed by atoms with E-state index >= 15 is 0 Å². The van der Waals surface area contributed by atoms with Crippen LogP contribution in [-0.2, 0) is 0 Å². The molecule has 0 fully saturated rings. The average Bonchev–Trinajstić information content (AvgIpc) is 3.00. The smallest absolute Gasteiger partial charge is 0.128 e. The standard InChI is InChI=1S/C37H58N2O4/c1-4-6-8-10-12-14-16-18-24-42-34-22-20-32(36(40)26-34)29-38-28-31(3)39-30-33-21-23-35(27-37(33)41)43-25-19-17-15-13-11-9-7-5-2/h20-23,26-27,29-31,40-41H,4-19,24-25,28H2,1-3H3/t31-/m1/s1. The topological polar surface area (TPSA) is 83.6 Å². The van der Waals surface area contributed by atoms with Crippen LogP contribution in [0.5, 0.6) is 23.0 Å². The van der Waals surface area contributed by atoms with Crippen molar-refractivity contribution in [2.24, 2.45) is 9.98 Å². The molecule has 2 rings (SSSR count). The summed E-state index contributed by atoms with van der Waals surface area (Å²) in [6, 6.07) is 10.6. The summed E-state index contributed by atoms with van der Waals surface area (Å²) < 4.78 is 11.6. The van der Waals surface area contributed by atoms with E-state index in [2.05, 4.69) is 23.8 Å². The maximum Gasteiger partial charge on any atom is 0.128 e. The number of aromatic hydroxyl groups is 2. The van der Waals surface area contributed by atoms with E-state index < -0.39 is 0 Å². The van der Waals surface area contributed by atoms with Gasteiger partial charge in [0.25, 0.3) is 0 Å². The van der Waals surface area contributed by atoms with Crippen molar-refractivity contribution in [3.63, 3.8) is 0 Å². The van der Waals surface area contributed by atoms with Gasteiger partial charge in [0.05, 0.1) is 25.8 Å². The van der Waals surface area contributed by atoms with E-state index in [0.29, 0.717) is 42.4 Å². The van der Waals surface area contributed by atoms with Crippen molar-refractivity contribution in [3.8, 4) is 23.0 Å². The number of hydrogen-bond acceptors (Lipinski definition) is 6. The molecule has 0 unspecified atom stereocenters. The largest absolute Gasteiger partial charge is 0.507 e. The molecule has 0 radical (unpaired) electrons. The number of ether oxygens (including phenoxy) is 2. The van der Waals surface area contributed by atoms with Crippen molar-refractivity contribution >= 4 is 12.4 Å². The van der Waals surface area contributed by atoms with Gasteiger partial charge in [-0.05, 0) is 44.0 Å². The molecule has 43 heavy (non-hydrogen) atoms. The molecule has 0 aromatic heterocycles. The normalized spacial score (nSPS) is 12.3. The number of rotatable bonds is 25. The Morgan fingerprint density at radius 2 is 1.02 bits per heavy atom. The highest BCUT2D eigenvalue weighted by molar-refractivity contribution is 5.84. The molecule has 2 N–H and O–H groups in total. The van der Waals surface area contributed by atoms with Crippen LogP contribution in [0, 0.1) is 0 Å². The van der Waals surface area contributed by atoms with Gasteiger partial charge in [-0.15, -0.1) is 0 Å². The SMILES string of the molecule is CCCCCCCCCCOc1ccc(C=NC[C@@H](C)N=Cc2ccc(OCCCCCCCCCC)cc2O)c(O)c1. The Labute approximate surface area is 261 Å². The molecule has 0 aliphatic heterocycles. The molecular formula is C37H58N2O4. The summed E-state index contributed by atoms with van der Waals surface area (Å²) in [6.07, 6.45) is 23.6. The molecule has 240 valence electrons. The average molecular weight is 595 g/mol. The maximum absolute atomic E-state index is 10.4. The summed E-state index contributed by atoms with van der Waals surface area (Å²) in [5.74, 6) is 1.67. The lowest BCUT2D eigenvalue weighted by atomic mass is 10.1. The third kappa shape index (κ3) is 17.0. The minimum atomic E-state index is -0.0788. The molecule has 0 spiro atoms. The van der Waals surface area contributed by atoms with Gasteiger partial charge < -0.3 is 19.7 Å². The zero-order chi connectivity index (χ0) is 31.0. The van der Waals surface area contributed by atoms with Crippen molar-refractivity contribution in [2.75, 3.05) is 19.8 Å². The number of unbranched alkanes of at least 4 members (excludes halogenated alkanes) is 14. The summed E-state index contributed by atoms with van der Waals surface area (Å²) in [4.78, 5) is 8.98. The van der Waals surface area contributed by atoms with Gasteiger partial charge >= 0.3 is 0 Å². The lowest BCUT2D eigenvalue weighted by Crippen LogP contribution is -2.04. The summed E-state index contributed by atoms with van der Waals surface area (Å²) in [5.41, 5.74) is 1.30. The van der Waals surface area contributed by atoms with Crippen LogP contribution in [0.15, 0.2) is 46.4 Å². The monoisotopic (exact) mass is 594 g/mol. The Morgan fingerprint density at radius 3 is 1.47 bits per heavy atom. The zero-order valence-electron chi connectivity index (χ0n) is 27.2. The number of phenols is 2. The van der Waals surface area contributed by atoms with E-state index in [9.17, 15) is 10.2 Å². The van der Waals surface area contributed by atoms with Crippen LogP contribution >= 0.6 is 0 Å². The van der Waals surface area contributed by atoms with Crippen LogP contribution in [-0.4, -0.2) is 48.4 Å². The van der Waals surface area contributed by atoms with E-state index in [4.69, 9.17) is 9.47 Å².